The molecular weight excluding hydrogens is 1060 g/mol. The average molecular weight is 1120 g/mol. The van der Waals surface area contributed by atoms with Crippen LogP contribution >= 0.6 is 0 Å². The van der Waals surface area contributed by atoms with Gasteiger partial charge in [-0.2, -0.15) is 0 Å². The molecule has 1 unspecified atom stereocenters. The molecule has 1 atom stereocenters. The molecule has 0 bridgehead atoms. The van der Waals surface area contributed by atoms with Crippen LogP contribution in [0.1, 0.15) is 36.5 Å². The van der Waals surface area contributed by atoms with Gasteiger partial charge in [0.15, 0.2) is 0 Å². The van der Waals surface area contributed by atoms with Crippen LogP contribution in [-0.2, 0) is 12.8 Å². The summed E-state index contributed by atoms with van der Waals surface area (Å²) in [5, 5.41) is 18.4. The van der Waals surface area contributed by atoms with E-state index in [0.29, 0.717) is 0 Å². The van der Waals surface area contributed by atoms with Gasteiger partial charge >= 0.3 is 0 Å². The molecule has 0 aliphatic rings. The molecule has 0 saturated heterocycles. The molecule has 14 aromatic carbocycles. The zero-order valence-corrected chi connectivity index (χ0v) is 47.8. The predicted octanol–water partition coefficient (Wildman–Crippen LogP) is 23.7. The van der Waals surface area contributed by atoms with Gasteiger partial charge in [-0.1, -0.05) is 153 Å². The molecule has 0 aliphatic carbocycles. The first-order valence-electron chi connectivity index (χ1n) is 30.1. The highest BCUT2D eigenvalue weighted by atomic mass is 16.3. The fourth-order valence-corrected chi connectivity index (χ4v) is 14.2. The Morgan fingerprint density at radius 3 is 1.28 bits per heavy atom. The van der Waals surface area contributed by atoms with Crippen LogP contribution in [0.2, 0.25) is 0 Å². The molecule has 6 heteroatoms. The van der Waals surface area contributed by atoms with Crippen LogP contribution in [0.4, 0.5) is 34.1 Å². The fraction of sp³-hybridized carbons (Fsp3) is 0.0617. The molecule has 412 valence electrons. The third-order valence-corrected chi connectivity index (χ3v) is 18.4. The van der Waals surface area contributed by atoms with Crippen molar-refractivity contribution in [2.45, 2.75) is 32.6 Å². The van der Waals surface area contributed by atoms with Crippen LogP contribution in [0.25, 0.3) is 131 Å². The van der Waals surface area contributed by atoms with Gasteiger partial charge in [-0.15, -0.1) is 0 Å². The standard InChI is InChI=1S/C81H54N2O4/c1-3-49-27-37-74-69(40-49)66-34-30-55(45-78(66)85-74)83(72-43-52-16-5-7-19-59(52)61-21-9-11-23-63(61)72)57-32-36-68-80(47-57)87-76-26-14-17-53(81(68)76)39-48(2)50-28-38-75-70(41-50)67-35-31-56(46-79(67)86-75)82(54-29-33-65-64-24-12-13-25-73(64)84-77(65)44-54)71-42-51-15-4-6-18-58(51)60-20-8-10-22-62(60)71/h4-38,40-48H,3,39H2,1-2H3. The molecule has 0 amide bonds. The molecular formula is C81H54N2O4. The molecule has 0 fully saturated rings. The van der Waals surface area contributed by atoms with Crippen molar-refractivity contribution in [3.05, 3.63) is 278 Å². The summed E-state index contributed by atoms with van der Waals surface area (Å²) < 4.78 is 26.9. The zero-order chi connectivity index (χ0) is 57.4. The summed E-state index contributed by atoms with van der Waals surface area (Å²) in [5.74, 6) is 0.177. The number of anilines is 6. The maximum Gasteiger partial charge on any atom is 0.137 e. The molecule has 0 aliphatic heterocycles. The topological polar surface area (TPSA) is 59.0 Å². The van der Waals surface area contributed by atoms with E-state index in [-0.39, 0.29) is 5.92 Å². The van der Waals surface area contributed by atoms with E-state index in [1.54, 1.807) is 0 Å². The molecule has 0 radical (unpaired) electrons. The maximum absolute atomic E-state index is 6.92. The molecule has 6 nitrogen and oxygen atoms in total. The predicted molar refractivity (Wildman–Crippen MR) is 363 cm³/mol. The Bertz CT molecular complexity index is 5860. The van der Waals surface area contributed by atoms with Crippen molar-refractivity contribution >= 4 is 165 Å². The highest BCUT2D eigenvalue weighted by Crippen LogP contribution is 2.48. The first-order chi connectivity index (χ1) is 42.9. The van der Waals surface area contributed by atoms with E-state index in [0.717, 1.165) is 145 Å². The number of nitrogens with zero attached hydrogens (tertiary/aromatic N) is 2. The van der Waals surface area contributed by atoms with Gasteiger partial charge in [0, 0.05) is 101 Å². The summed E-state index contributed by atoms with van der Waals surface area (Å²) >= 11 is 0. The van der Waals surface area contributed by atoms with Gasteiger partial charge in [0.05, 0.1) is 11.4 Å². The van der Waals surface area contributed by atoms with Crippen molar-refractivity contribution in [1.29, 1.82) is 0 Å². The highest BCUT2D eigenvalue weighted by Gasteiger charge is 2.25. The Balaban J connectivity index is 0.714. The Morgan fingerprint density at radius 1 is 0.299 bits per heavy atom. The van der Waals surface area contributed by atoms with E-state index in [4.69, 9.17) is 17.7 Å². The van der Waals surface area contributed by atoms with Crippen LogP contribution in [0.5, 0.6) is 0 Å². The van der Waals surface area contributed by atoms with E-state index >= 15 is 0 Å². The van der Waals surface area contributed by atoms with Crippen LogP contribution in [-0.4, -0.2) is 0 Å². The summed E-state index contributed by atoms with van der Waals surface area (Å²) in [6.45, 7) is 4.53. The molecule has 0 spiro atoms. The fourth-order valence-electron chi connectivity index (χ4n) is 14.2. The van der Waals surface area contributed by atoms with E-state index in [1.807, 2.05) is 12.1 Å². The lowest BCUT2D eigenvalue weighted by Gasteiger charge is -2.27. The number of benzene rings is 14. The van der Waals surface area contributed by atoms with Gasteiger partial charge in [-0.25, -0.2) is 0 Å². The molecule has 18 rings (SSSR count). The van der Waals surface area contributed by atoms with E-state index < -0.39 is 0 Å². The second-order valence-electron chi connectivity index (χ2n) is 23.5. The summed E-state index contributed by atoms with van der Waals surface area (Å²) in [5.41, 5.74) is 16.8. The number of hydrogen-bond acceptors (Lipinski definition) is 6. The van der Waals surface area contributed by atoms with Crippen LogP contribution in [0.3, 0.4) is 0 Å². The number of para-hydroxylation sites is 1. The maximum atomic E-state index is 6.92. The molecule has 18 aromatic rings. The Morgan fingerprint density at radius 2 is 0.713 bits per heavy atom. The van der Waals surface area contributed by atoms with Crippen molar-refractivity contribution in [3.63, 3.8) is 0 Å². The van der Waals surface area contributed by atoms with E-state index in [2.05, 4.69) is 272 Å². The van der Waals surface area contributed by atoms with E-state index in [1.165, 1.54) is 49.0 Å². The van der Waals surface area contributed by atoms with Gasteiger partial charge in [0.2, 0.25) is 0 Å². The second kappa shape index (κ2) is 19.2. The Kier molecular flexibility index (Phi) is 10.9. The third kappa shape index (κ3) is 7.81. The first kappa shape index (κ1) is 49.4. The number of hydrogen-bond donors (Lipinski definition) is 0. The minimum Gasteiger partial charge on any atom is -0.456 e. The van der Waals surface area contributed by atoms with Crippen LogP contribution in [0.15, 0.2) is 279 Å². The van der Waals surface area contributed by atoms with Crippen molar-refractivity contribution in [3.8, 4) is 0 Å². The summed E-state index contributed by atoms with van der Waals surface area (Å²) in [6.07, 6.45) is 1.78. The average Bonchev–Trinajstić information content (AvgIpc) is 3.40. The van der Waals surface area contributed by atoms with Gasteiger partial charge in [-0.3, -0.25) is 0 Å². The van der Waals surface area contributed by atoms with Gasteiger partial charge in [-0.05, 0) is 165 Å². The first-order valence-corrected chi connectivity index (χ1v) is 30.1. The Labute approximate surface area is 499 Å². The number of aryl methyl sites for hydroxylation is 1. The van der Waals surface area contributed by atoms with Gasteiger partial charge in [0.25, 0.3) is 0 Å². The minimum atomic E-state index is 0.177. The van der Waals surface area contributed by atoms with Gasteiger partial charge < -0.3 is 27.5 Å². The largest absolute Gasteiger partial charge is 0.456 e. The SMILES string of the molecule is CCc1ccc2oc3cc(N(c4ccc5c(c4)oc4cccc(CC(C)c6ccc7oc8cc(N(c9ccc%10c(c9)oc9ccccc9%10)c9cc%10ccccc%10c%10ccccc9%10)ccc8c7c6)c45)c4cc5ccccc5c5ccccc45)ccc3c2c1. The monoisotopic (exact) mass is 1120 g/mol. The summed E-state index contributed by atoms with van der Waals surface area (Å²) in [7, 11) is 0. The Hall–Kier alpha value is -11.1. The lowest BCUT2D eigenvalue weighted by Crippen LogP contribution is -2.10. The number of fused-ring (bicyclic) bond motifs is 18. The normalized spacial score (nSPS) is 12.5. The lowest BCUT2D eigenvalue weighted by molar-refractivity contribution is 0.668. The number of furan rings is 4. The zero-order valence-electron chi connectivity index (χ0n) is 47.8. The molecule has 4 aromatic heterocycles. The van der Waals surface area contributed by atoms with Crippen LogP contribution < -0.4 is 9.80 Å². The van der Waals surface area contributed by atoms with Gasteiger partial charge in [0.1, 0.15) is 44.7 Å². The van der Waals surface area contributed by atoms with Crippen molar-refractivity contribution in [1.82, 2.24) is 0 Å². The highest BCUT2D eigenvalue weighted by molar-refractivity contribution is 6.18. The smallest absolute Gasteiger partial charge is 0.137 e. The third-order valence-electron chi connectivity index (χ3n) is 18.4. The summed E-state index contributed by atoms with van der Waals surface area (Å²) in [4.78, 5) is 4.73. The summed E-state index contributed by atoms with van der Waals surface area (Å²) in [6, 6.07) is 94.1. The second-order valence-corrected chi connectivity index (χ2v) is 23.5. The minimum absolute atomic E-state index is 0.177. The van der Waals surface area contributed by atoms with E-state index in [9.17, 15) is 0 Å². The lowest BCUT2D eigenvalue weighted by atomic mass is 9.90. The molecule has 4 heterocycles. The molecule has 0 N–H and O–H groups in total. The quantitative estimate of drug-likeness (QED) is 0.127. The molecule has 87 heavy (non-hydrogen) atoms. The number of rotatable bonds is 10. The van der Waals surface area contributed by atoms with Crippen molar-refractivity contribution in [2.24, 2.45) is 0 Å². The molecule has 0 saturated carbocycles. The van der Waals surface area contributed by atoms with Crippen molar-refractivity contribution < 1.29 is 17.7 Å². The van der Waals surface area contributed by atoms with Crippen LogP contribution in [0, 0.1) is 0 Å². The van der Waals surface area contributed by atoms with Crippen molar-refractivity contribution in [2.75, 3.05) is 9.80 Å².